The molecule has 2 amide bonds. The molecule has 0 saturated heterocycles. The highest BCUT2D eigenvalue weighted by molar-refractivity contribution is 7.99. The van der Waals surface area contributed by atoms with Crippen molar-refractivity contribution in [3.05, 3.63) is 80.5 Å². The van der Waals surface area contributed by atoms with Crippen LogP contribution in [0.25, 0.3) is 15.9 Å². The summed E-state index contributed by atoms with van der Waals surface area (Å²) in [5.41, 5.74) is 4.59. The molecule has 0 atom stereocenters. The molecule has 4 aromatic rings. The van der Waals surface area contributed by atoms with E-state index in [-0.39, 0.29) is 23.1 Å². The lowest BCUT2D eigenvalue weighted by atomic mass is 10.0. The highest BCUT2D eigenvalue weighted by Crippen LogP contribution is 2.34. The highest BCUT2D eigenvalue weighted by atomic mass is 32.2. The third kappa shape index (κ3) is 5.26. The Morgan fingerprint density at radius 3 is 2.47 bits per heavy atom. The number of aromatic nitrogens is 2. The number of benzene rings is 2. The minimum absolute atomic E-state index is 0.0271. The zero-order chi connectivity index (χ0) is 27.0. The number of fused-ring (bicyclic) bond motifs is 3. The van der Waals surface area contributed by atoms with Gasteiger partial charge in [-0.25, -0.2) is 4.98 Å². The second-order valence-corrected chi connectivity index (χ2v) is 11.9. The summed E-state index contributed by atoms with van der Waals surface area (Å²) in [6, 6.07) is 15.6. The summed E-state index contributed by atoms with van der Waals surface area (Å²) >= 11 is 2.71. The highest BCUT2D eigenvalue weighted by Gasteiger charge is 2.26. The summed E-state index contributed by atoms with van der Waals surface area (Å²) in [7, 11) is 0. The van der Waals surface area contributed by atoms with E-state index in [0.29, 0.717) is 46.5 Å². The molecule has 9 heteroatoms. The smallest absolute Gasteiger partial charge is 0.267 e. The topological polar surface area (TPSA) is 84.3 Å². The van der Waals surface area contributed by atoms with Crippen molar-refractivity contribution in [3.8, 4) is 5.69 Å². The number of thiophene rings is 1. The molecule has 38 heavy (non-hydrogen) atoms. The maximum absolute atomic E-state index is 13.9. The van der Waals surface area contributed by atoms with Crippen LogP contribution in [-0.4, -0.2) is 38.6 Å². The van der Waals surface area contributed by atoms with Gasteiger partial charge in [-0.05, 0) is 54.7 Å². The average Bonchev–Trinajstić information content (AvgIpc) is 3.26. The molecule has 0 spiro atoms. The third-order valence-corrected chi connectivity index (χ3v) is 8.82. The van der Waals surface area contributed by atoms with Crippen molar-refractivity contribution in [2.24, 2.45) is 0 Å². The van der Waals surface area contributed by atoms with Gasteiger partial charge in [-0.15, -0.1) is 11.3 Å². The third-order valence-electron chi connectivity index (χ3n) is 6.77. The normalized spacial score (nSPS) is 13.1. The molecule has 0 saturated carbocycles. The Kier molecular flexibility index (Phi) is 7.40. The maximum atomic E-state index is 13.9. The summed E-state index contributed by atoms with van der Waals surface area (Å²) in [6.45, 7) is 8.91. The van der Waals surface area contributed by atoms with Crippen molar-refractivity contribution in [3.63, 3.8) is 0 Å². The Labute approximate surface area is 229 Å². The predicted molar refractivity (Wildman–Crippen MR) is 155 cm³/mol. The fourth-order valence-corrected chi connectivity index (χ4v) is 6.68. The minimum atomic E-state index is -0.167. The number of nitrogens with one attached hydrogen (secondary N) is 1. The van der Waals surface area contributed by atoms with Crippen LogP contribution in [0.3, 0.4) is 0 Å². The van der Waals surface area contributed by atoms with E-state index in [1.807, 2.05) is 55.5 Å². The number of amides is 2. The Hall–Kier alpha value is -3.43. The maximum Gasteiger partial charge on any atom is 0.267 e. The van der Waals surface area contributed by atoms with E-state index in [9.17, 15) is 14.4 Å². The van der Waals surface area contributed by atoms with Crippen molar-refractivity contribution < 1.29 is 9.59 Å². The van der Waals surface area contributed by atoms with Gasteiger partial charge in [-0.1, -0.05) is 55.4 Å². The summed E-state index contributed by atoms with van der Waals surface area (Å²) in [5, 5.41) is 4.03. The van der Waals surface area contributed by atoms with Crippen LogP contribution in [-0.2, 0) is 22.6 Å². The number of nitrogens with zero attached hydrogens (tertiary/aromatic N) is 3. The number of hydrogen-bond acceptors (Lipinski definition) is 6. The van der Waals surface area contributed by atoms with Crippen LogP contribution in [0.15, 0.2) is 58.5 Å². The number of carbonyl (C=O) groups is 2. The van der Waals surface area contributed by atoms with E-state index < -0.39 is 0 Å². The number of rotatable bonds is 6. The molecule has 0 radical (unpaired) electrons. The number of aryl methyl sites for hydroxylation is 1. The molecule has 5 rings (SSSR count). The minimum Gasteiger partial charge on any atom is -0.337 e. The molecule has 7 nitrogen and oxygen atoms in total. The first kappa shape index (κ1) is 26.2. The van der Waals surface area contributed by atoms with E-state index >= 15 is 0 Å². The van der Waals surface area contributed by atoms with Crippen molar-refractivity contribution in [1.29, 1.82) is 0 Å². The largest absolute Gasteiger partial charge is 0.337 e. The Morgan fingerprint density at radius 2 is 1.82 bits per heavy atom. The van der Waals surface area contributed by atoms with Crippen LogP contribution in [0.5, 0.6) is 0 Å². The number of hydrogen-bond donors (Lipinski definition) is 1. The van der Waals surface area contributed by atoms with Crippen LogP contribution in [0.1, 0.15) is 48.3 Å². The molecular formula is C29H30N4O3S2. The zero-order valence-electron chi connectivity index (χ0n) is 21.9. The quantitative estimate of drug-likeness (QED) is 0.255. The van der Waals surface area contributed by atoms with E-state index in [1.165, 1.54) is 28.7 Å². The fraction of sp³-hybridized carbons (Fsp3) is 0.310. The van der Waals surface area contributed by atoms with Gasteiger partial charge < -0.3 is 10.2 Å². The number of carbonyl (C=O) groups excluding carboxylic acids is 2. The molecule has 2 aromatic carbocycles. The van der Waals surface area contributed by atoms with Crippen LogP contribution in [0.4, 0.5) is 5.69 Å². The van der Waals surface area contributed by atoms with Gasteiger partial charge in [0.25, 0.3) is 5.56 Å². The van der Waals surface area contributed by atoms with Gasteiger partial charge in [0.1, 0.15) is 4.83 Å². The molecule has 1 N–H and O–H groups in total. The Bertz CT molecular complexity index is 1570. The average molecular weight is 547 g/mol. The predicted octanol–water partition coefficient (Wildman–Crippen LogP) is 5.51. The summed E-state index contributed by atoms with van der Waals surface area (Å²) < 4.78 is 1.61. The van der Waals surface area contributed by atoms with Gasteiger partial charge in [0.15, 0.2) is 5.16 Å². The van der Waals surface area contributed by atoms with Crippen LogP contribution in [0.2, 0.25) is 0 Å². The van der Waals surface area contributed by atoms with Gasteiger partial charge in [0.2, 0.25) is 11.8 Å². The number of anilines is 1. The molecule has 0 unspecified atom stereocenters. The second kappa shape index (κ2) is 10.7. The molecule has 2 aromatic heterocycles. The molecular weight excluding hydrogens is 516 g/mol. The van der Waals surface area contributed by atoms with Gasteiger partial charge in [0.05, 0.1) is 23.4 Å². The Balaban J connectivity index is 1.47. The molecule has 3 heterocycles. The van der Waals surface area contributed by atoms with E-state index in [4.69, 9.17) is 4.98 Å². The SMILES string of the molecule is CC(=O)N1CCc2c(sc3nc(SCC(=O)Nc4ccc(C(C)C)cc4)n(-c4ccc(C)cc4)c(=O)c23)C1. The van der Waals surface area contributed by atoms with E-state index in [0.717, 1.165) is 21.7 Å². The first-order valence-electron chi connectivity index (χ1n) is 12.6. The van der Waals surface area contributed by atoms with Crippen molar-refractivity contribution in [2.75, 3.05) is 17.6 Å². The monoisotopic (exact) mass is 546 g/mol. The summed E-state index contributed by atoms with van der Waals surface area (Å²) in [6.07, 6.45) is 0.629. The lowest BCUT2D eigenvalue weighted by Gasteiger charge is -2.25. The molecule has 0 bridgehead atoms. The van der Waals surface area contributed by atoms with Crippen molar-refractivity contribution >= 4 is 50.8 Å². The number of thioether (sulfide) groups is 1. The van der Waals surface area contributed by atoms with Gasteiger partial charge in [-0.3, -0.25) is 19.0 Å². The van der Waals surface area contributed by atoms with Crippen molar-refractivity contribution in [2.45, 2.75) is 51.7 Å². The van der Waals surface area contributed by atoms with Crippen LogP contribution in [0, 0.1) is 6.92 Å². The van der Waals surface area contributed by atoms with Gasteiger partial charge >= 0.3 is 0 Å². The summed E-state index contributed by atoms with van der Waals surface area (Å²) in [5.74, 6) is 0.390. The summed E-state index contributed by atoms with van der Waals surface area (Å²) in [4.78, 5) is 47.0. The standard InChI is InChI=1S/C29H30N4O3S2/c1-17(2)20-7-9-21(10-8-20)30-25(35)16-37-29-31-27-26(23-13-14-32(19(4)34)15-24(23)38-27)28(36)33(29)22-11-5-18(3)6-12-22/h5-12,17H,13-16H2,1-4H3,(H,30,35). The molecule has 0 aliphatic carbocycles. The van der Waals surface area contributed by atoms with E-state index in [1.54, 1.807) is 16.4 Å². The Morgan fingerprint density at radius 1 is 1.11 bits per heavy atom. The molecule has 1 aliphatic heterocycles. The zero-order valence-corrected chi connectivity index (χ0v) is 23.5. The van der Waals surface area contributed by atoms with Crippen LogP contribution < -0.4 is 10.9 Å². The van der Waals surface area contributed by atoms with Gasteiger partial charge in [-0.2, -0.15) is 0 Å². The van der Waals surface area contributed by atoms with Crippen molar-refractivity contribution in [1.82, 2.24) is 14.5 Å². The first-order chi connectivity index (χ1) is 18.2. The van der Waals surface area contributed by atoms with Gasteiger partial charge in [0, 0.05) is 24.0 Å². The lowest BCUT2D eigenvalue weighted by molar-refractivity contribution is -0.129. The van der Waals surface area contributed by atoms with Crippen LogP contribution >= 0.6 is 23.1 Å². The lowest BCUT2D eigenvalue weighted by Crippen LogP contribution is -2.34. The molecule has 0 fully saturated rings. The molecule has 196 valence electrons. The second-order valence-electron chi connectivity index (χ2n) is 9.86. The molecule has 1 aliphatic rings. The first-order valence-corrected chi connectivity index (χ1v) is 14.4. The van der Waals surface area contributed by atoms with E-state index in [2.05, 4.69) is 19.2 Å². The fourth-order valence-electron chi connectivity index (χ4n) is 4.59.